The predicted octanol–water partition coefficient (Wildman–Crippen LogP) is 1.57. The first-order chi connectivity index (χ1) is 9.94. The van der Waals surface area contributed by atoms with Crippen LogP contribution in [-0.2, 0) is 16.6 Å². The summed E-state index contributed by atoms with van der Waals surface area (Å²) in [7, 11) is -2.27. The number of nitrogens with zero attached hydrogens (tertiary/aromatic N) is 2. The summed E-state index contributed by atoms with van der Waals surface area (Å²) in [5.74, 6) is 0. The summed E-state index contributed by atoms with van der Waals surface area (Å²) in [6, 6.07) is 3.58. The Morgan fingerprint density at radius 1 is 1.43 bits per heavy atom. The fourth-order valence-corrected chi connectivity index (χ4v) is 3.28. The number of rotatable bonds is 6. The summed E-state index contributed by atoms with van der Waals surface area (Å²) in [5.41, 5.74) is -0.0477. The van der Waals surface area contributed by atoms with Crippen molar-refractivity contribution in [2.75, 3.05) is 12.4 Å². The van der Waals surface area contributed by atoms with Crippen LogP contribution in [0.2, 0.25) is 0 Å². The third-order valence-corrected chi connectivity index (χ3v) is 4.82. The Kier molecular flexibility index (Phi) is 4.50. The highest BCUT2D eigenvalue weighted by atomic mass is 32.2. The minimum absolute atomic E-state index is 0.0472. The number of sulfonamides is 1. The van der Waals surface area contributed by atoms with Crippen molar-refractivity contribution in [3.63, 3.8) is 0 Å². The van der Waals surface area contributed by atoms with Crippen LogP contribution in [-0.4, -0.2) is 25.4 Å². The van der Waals surface area contributed by atoms with E-state index in [4.69, 9.17) is 0 Å². The predicted molar refractivity (Wildman–Crippen MR) is 78.8 cm³/mol. The van der Waals surface area contributed by atoms with Crippen molar-refractivity contribution >= 4 is 32.7 Å². The summed E-state index contributed by atoms with van der Waals surface area (Å²) < 4.78 is 26.7. The summed E-state index contributed by atoms with van der Waals surface area (Å²) in [6.45, 7) is 0.0753. The molecule has 0 radical (unpaired) electrons. The van der Waals surface area contributed by atoms with Crippen molar-refractivity contribution < 1.29 is 13.3 Å². The van der Waals surface area contributed by atoms with Crippen LogP contribution in [0.3, 0.4) is 0 Å². The topological polar surface area (TPSA) is 114 Å². The third kappa shape index (κ3) is 3.54. The van der Waals surface area contributed by atoms with Crippen LogP contribution >= 0.6 is 11.3 Å². The molecule has 0 amide bonds. The standard InChI is InChI=1S/C11H12N4O4S2/c1-12-9-6-8(2-3-10(9)15(16)17)21(18,19)14-7-11-13-4-5-20-11/h2-6,12,14H,7H2,1H3. The molecule has 1 aromatic heterocycles. The first kappa shape index (κ1) is 15.4. The minimum atomic E-state index is -3.76. The van der Waals surface area contributed by atoms with Gasteiger partial charge in [-0.3, -0.25) is 10.1 Å². The second-order valence-electron chi connectivity index (χ2n) is 3.94. The zero-order valence-corrected chi connectivity index (χ0v) is 12.6. The van der Waals surface area contributed by atoms with Crippen molar-refractivity contribution in [1.29, 1.82) is 0 Å². The molecule has 0 saturated carbocycles. The van der Waals surface area contributed by atoms with E-state index in [9.17, 15) is 18.5 Å². The quantitative estimate of drug-likeness (QED) is 0.614. The van der Waals surface area contributed by atoms with Gasteiger partial charge in [-0.15, -0.1) is 11.3 Å². The van der Waals surface area contributed by atoms with Crippen LogP contribution in [0.5, 0.6) is 0 Å². The van der Waals surface area contributed by atoms with Gasteiger partial charge in [0.1, 0.15) is 10.7 Å². The molecule has 8 nitrogen and oxygen atoms in total. The third-order valence-electron chi connectivity index (χ3n) is 2.64. The fourth-order valence-electron chi connectivity index (χ4n) is 1.62. The number of hydrogen-bond acceptors (Lipinski definition) is 7. The molecule has 0 atom stereocenters. The molecule has 21 heavy (non-hydrogen) atoms. The fraction of sp³-hybridized carbons (Fsp3) is 0.182. The number of thiazole rings is 1. The zero-order valence-electron chi connectivity index (χ0n) is 10.9. The molecule has 0 spiro atoms. The molecule has 0 fully saturated rings. The van der Waals surface area contributed by atoms with Crippen LogP contribution in [0, 0.1) is 10.1 Å². The van der Waals surface area contributed by atoms with Gasteiger partial charge in [-0.25, -0.2) is 18.1 Å². The summed E-state index contributed by atoms with van der Waals surface area (Å²) in [4.78, 5) is 14.2. The average Bonchev–Trinajstić information content (AvgIpc) is 2.97. The number of nitro groups is 1. The minimum Gasteiger partial charge on any atom is -0.383 e. The molecule has 0 bridgehead atoms. The number of anilines is 1. The Bertz CT molecular complexity index is 744. The number of nitro benzene ring substituents is 1. The van der Waals surface area contributed by atoms with Gasteiger partial charge >= 0.3 is 0 Å². The van der Waals surface area contributed by atoms with Gasteiger partial charge in [0.15, 0.2) is 0 Å². The number of benzene rings is 1. The Labute approximate surface area is 125 Å². The Morgan fingerprint density at radius 3 is 2.76 bits per heavy atom. The first-order valence-electron chi connectivity index (χ1n) is 5.78. The van der Waals surface area contributed by atoms with E-state index in [-0.39, 0.29) is 22.8 Å². The van der Waals surface area contributed by atoms with E-state index in [1.165, 1.54) is 30.5 Å². The van der Waals surface area contributed by atoms with Gasteiger partial charge in [-0.05, 0) is 12.1 Å². The highest BCUT2D eigenvalue weighted by Gasteiger charge is 2.20. The second-order valence-corrected chi connectivity index (χ2v) is 6.68. The summed E-state index contributed by atoms with van der Waals surface area (Å²) >= 11 is 1.33. The molecule has 2 rings (SSSR count). The van der Waals surface area contributed by atoms with Crippen molar-refractivity contribution in [3.8, 4) is 0 Å². The van der Waals surface area contributed by atoms with Gasteiger partial charge in [0.25, 0.3) is 5.69 Å². The summed E-state index contributed by atoms with van der Waals surface area (Å²) in [6.07, 6.45) is 1.58. The normalized spacial score (nSPS) is 11.3. The smallest absolute Gasteiger partial charge is 0.292 e. The van der Waals surface area contributed by atoms with Gasteiger partial charge in [0.2, 0.25) is 10.0 Å². The molecule has 2 aromatic rings. The van der Waals surface area contributed by atoms with E-state index in [0.717, 1.165) is 6.07 Å². The highest BCUT2D eigenvalue weighted by Crippen LogP contribution is 2.26. The lowest BCUT2D eigenvalue weighted by Gasteiger charge is -2.08. The van der Waals surface area contributed by atoms with Gasteiger partial charge < -0.3 is 5.32 Å². The Balaban J connectivity index is 2.25. The second kappa shape index (κ2) is 6.16. The SMILES string of the molecule is CNc1cc(S(=O)(=O)NCc2nccs2)ccc1[N+](=O)[O-]. The van der Waals surface area contributed by atoms with Crippen LogP contribution in [0.1, 0.15) is 5.01 Å². The van der Waals surface area contributed by atoms with Crippen molar-refractivity contribution in [3.05, 3.63) is 44.9 Å². The molecule has 0 unspecified atom stereocenters. The van der Waals surface area contributed by atoms with Crippen molar-refractivity contribution in [1.82, 2.24) is 9.71 Å². The Morgan fingerprint density at radius 2 is 2.19 bits per heavy atom. The molecular formula is C11H12N4O4S2. The molecule has 0 aliphatic carbocycles. The van der Waals surface area contributed by atoms with Gasteiger partial charge in [-0.2, -0.15) is 0 Å². The highest BCUT2D eigenvalue weighted by molar-refractivity contribution is 7.89. The molecular weight excluding hydrogens is 316 g/mol. The number of aromatic nitrogens is 1. The van der Waals surface area contributed by atoms with Gasteiger partial charge in [0.05, 0.1) is 16.4 Å². The van der Waals surface area contributed by atoms with E-state index in [0.29, 0.717) is 5.01 Å². The molecule has 0 saturated heterocycles. The van der Waals surface area contributed by atoms with Gasteiger partial charge in [-0.1, -0.05) is 0 Å². The maximum absolute atomic E-state index is 12.1. The molecule has 112 valence electrons. The Hall–Kier alpha value is -2.04. The van der Waals surface area contributed by atoms with Crippen LogP contribution in [0.4, 0.5) is 11.4 Å². The van der Waals surface area contributed by atoms with Crippen molar-refractivity contribution in [2.24, 2.45) is 0 Å². The maximum atomic E-state index is 12.1. The van der Waals surface area contributed by atoms with Crippen LogP contribution in [0.25, 0.3) is 0 Å². The monoisotopic (exact) mass is 328 g/mol. The molecule has 10 heteroatoms. The van der Waals surface area contributed by atoms with Crippen LogP contribution < -0.4 is 10.0 Å². The number of nitrogens with one attached hydrogen (secondary N) is 2. The van der Waals surface area contributed by atoms with Crippen molar-refractivity contribution in [2.45, 2.75) is 11.4 Å². The number of hydrogen-bond donors (Lipinski definition) is 2. The molecule has 1 aromatic carbocycles. The van der Waals surface area contributed by atoms with E-state index < -0.39 is 14.9 Å². The molecule has 1 heterocycles. The molecule has 0 aliphatic heterocycles. The molecule has 0 aliphatic rings. The lowest BCUT2D eigenvalue weighted by molar-refractivity contribution is -0.384. The lowest BCUT2D eigenvalue weighted by atomic mass is 10.3. The first-order valence-corrected chi connectivity index (χ1v) is 8.14. The van der Waals surface area contributed by atoms with E-state index in [1.54, 1.807) is 11.6 Å². The van der Waals surface area contributed by atoms with E-state index in [2.05, 4.69) is 15.0 Å². The maximum Gasteiger partial charge on any atom is 0.292 e. The largest absolute Gasteiger partial charge is 0.383 e. The average molecular weight is 328 g/mol. The summed E-state index contributed by atoms with van der Waals surface area (Å²) in [5, 5.41) is 15.8. The van der Waals surface area contributed by atoms with Crippen LogP contribution in [0.15, 0.2) is 34.7 Å². The zero-order chi connectivity index (χ0) is 15.5. The van der Waals surface area contributed by atoms with Gasteiger partial charge in [0, 0.05) is 24.7 Å². The van der Waals surface area contributed by atoms with E-state index >= 15 is 0 Å². The lowest BCUT2D eigenvalue weighted by Crippen LogP contribution is -2.23. The van der Waals surface area contributed by atoms with E-state index in [1.807, 2.05) is 0 Å². The molecule has 2 N–H and O–H groups in total.